The molecule has 246 valence electrons. The fourth-order valence-electron chi connectivity index (χ4n) is 4.98. The minimum absolute atomic E-state index is 0.0182. The van der Waals surface area contributed by atoms with E-state index in [1.54, 1.807) is 5.32 Å². The zero-order valence-electron chi connectivity index (χ0n) is 23.2. The van der Waals surface area contributed by atoms with Gasteiger partial charge in [-0.3, -0.25) is 9.59 Å². The fraction of sp³-hybridized carbons (Fsp3) is 0.444. The third kappa shape index (κ3) is 7.48. The smallest absolute Gasteiger partial charge is 0.405 e. The predicted octanol–water partition coefficient (Wildman–Crippen LogP) is 7.30. The van der Waals surface area contributed by atoms with Crippen molar-refractivity contribution in [1.82, 2.24) is 20.2 Å². The van der Waals surface area contributed by atoms with E-state index < -0.39 is 60.5 Å². The Bertz CT molecular complexity index is 1590. The van der Waals surface area contributed by atoms with E-state index in [0.29, 0.717) is 0 Å². The number of anilines is 2. The van der Waals surface area contributed by atoms with Gasteiger partial charge in [0.1, 0.15) is 24.3 Å². The van der Waals surface area contributed by atoms with Crippen molar-refractivity contribution in [2.75, 3.05) is 18.5 Å². The number of imidazole rings is 1. The average molecular weight is 690 g/mol. The Labute approximate surface area is 260 Å². The number of ether oxygens (including phenoxy) is 1. The standard InChI is InChI=1S/C27H25Cl2F8N5O3/c1-42-17-9-18(45-11-19(30)31)14(22(43)39-12-26(32,33)34)8-16(17)40-24(42)41-21-15(28)5-4-13(20(21)29)10-38-23(44)25(27(35,36)37)6-2-3-7-25/h4-5,8-9,19H,2-3,6-7,10-12H2,1H3,(H,38,44)(H,39,43)(H,40,41). The molecule has 8 nitrogen and oxygen atoms in total. The molecule has 1 heterocycles. The van der Waals surface area contributed by atoms with Crippen LogP contribution in [0.3, 0.4) is 0 Å². The van der Waals surface area contributed by atoms with E-state index in [9.17, 15) is 44.7 Å². The highest BCUT2D eigenvalue weighted by Gasteiger charge is 2.60. The minimum atomic E-state index is -4.74. The molecule has 0 unspecified atom stereocenters. The van der Waals surface area contributed by atoms with E-state index in [0.717, 1.165) is 12.1 Å². The van der Waals surface area contributed by atoms with Crippen molar-refractivity contribution in [2.45, 2.75) is 51.0 Å². The van der Waals surface area contributed by atoms with Crippen LogP contribution in [0.15, 0.2) is 24.3 Å². The molecule has 0 bridgehead atoms. The van der Waals surface area contributed by atoms with Gasteiger partial charge in [0.25, 0.3) is 12.3 Å². The summed E-state index contributed by atoms with van der Waals surface area (Å²) in [5.41, 5.74) is -2.44. The van der Waals surface area contributed by atoms with Crippen LogP contribution >= 0.6 is 23.2 Å². The first kappa shape index (κ1) is 34.3. The lowest BCUT2D eigenvalue weighted by atomic mass is 9.84. The Morgan fingerprint density at radius 2 is 1.73 bits per heavy atom. The highest BCUT2D eigenvalue weighted by molar-refractivity contribution is 6.39. The quantitative estimate of drug-likeness (QED) is 0.194. The first-order valence-electron chi connectivity index (χ1n) is 13.3. The zero-order chi connectivity index (χ0) is 33.3. The highest BCUT2D eigenvalue weighted by Crippen LogP contribution is 2.50. The molecule has 4 rings (SSSR count). The van der Waals surface area contributed by atoms with Crippen LogP contribution in [0, 0.1) is 5.41 Å². The third-order valence-electron chi connectivity index (χ3n) is 7.32. The van der Waals surface area contributed by atoms with Crippen LogP contribution in [0.4, 0.5) is 46.8 Å². The lowest BCUT2D eigenvalue weighted by Crippen LogP contribution is -2.48. The molecular formula is C27H25Cl2F8N5O3. The Balaban J connectivity index is 1.63. The minimum Gasteiger partial charge on any atom is -0.487 e. The van der Waals surface area contributed by atoms with E-state index >= 15 is 0 Å². The number of carbonyl (C=O) groups excluding carboxylic acids is 2. The Morgan fingerprint density at radius 3 is 2.33 bits per heavy atom. The third-order valence-corrected chi connectivity index (χ3v) is 8.07. The van der Waals surface area contributed by atoms with Gasteiger partial charge < -0.3 is 25.3 Å². The molecule has 0 radical (unpaired) electrons. The molecule has 0 atom stereocenters. The molecule has 1 aliphatic carbocycles. The fourth-order valence-corrected chi connectivity index (χ4v) is 5.51. The molecule has 2 aromatic carbocycles. The lowest BCUT2D eigenvalue weighted by Gasteiger charge is -2.30. The topological polar surface area (TPSA) is 97.3 Å². The van der Waals surface area contributed by atoms with Gasteiger partial charge in [-0.25, -0.2) is 13.8 Å². The molecule has 2 amide bonds. The molecule has 18 heteroatoms. The van der Waals surface area contributed by atoms with Crippen molar-refractivity contribution in [1.29, 1.82) is 0 Å². The van der Waals surface area contributed by atoms with Crippen molar-refractivity contribution in [3.05, 3.63) is 45.4 Å². The summed E-state index contributed by atoms with van der Waals surface area (Å²) in [6.07, 6.45) is -12.5. The van der Waals surface area contributed by atoms with Crippen LogP contribution in [0.2, 0.25) is 10.0 Å². The van der Waals surface area contributed by atoms with Gasteiger partial charge in [-0.15, -0.1) is 0 Å². The van der Waals surface area contributed by atoms with E-state index in [1.807, 2.05) is 0 Å². The monoisotopic (exact) mass is 689 g/mol. The first-order valence-corrected chi connectivity index (χ1v) is 14.0. The van der Waals surface area contributed by atoms with E-state index in [1.165, 1.54) is 23.7 Å². The van der Waals surface area contributed by atoms with E-state index in [-0.39, 0.29) is 70.5 Å². The molecular weight excluding hydrogens is 665 g/mol. The van der Waals surface area contributed by atoms with Crippen molar-refractivity contribution < 1.29 is 49.4 Å². The summed E-state index contributed by atoms with van der Waals surface area (Å²) in [5.74, 6) is -2.82. The Hall–Kier alpha value is -3.53. The van der Waals surface area contributed by atoms with Crippen LogP contribution in [-0.4, -0.2) is 53.3 Å². The molecule has 1 saturated carbocycles. The molecule has 1 aliphatic rings. The number of hydrogen-bond acceptors (Lipinski definition) is 5. The van der Waals surface area contributed by atoms with Crippen LogP contribution < -0.4 is 20.7 Å². The number of hydrogen-bond donors (Lipinski definition) is 3. The number of benzene rings is 2. The number of alkyl halides is 8. The summed E-state index contributed by atoms with van der Waals surface area (Å²) in [5, 5.41) is 6.83. The van der Waals surface area contributed by atoms with Crippen LogP contribution in [0.5, 0.6) is 5.75 Å². The molecule has 45 heavy (non-hydrogen) atoms. The number of amides is 2. The van der Waals surface area contributed by atoms with Gasteiger partial charge >= 0.3 is 12.4 Å². The SMILES string of the molecule is Cn1c(Nc2c(Cl)ccc(CNC(=O)C3(C(F)(F)F)CCCC3)c2Cl)nc2cc(C(=O)NCC(F)(F)F)c(OCC(F)F)cc21. The lowest BCUT2D eigenvalue weighted by molar-refractivity contribution is -0.220. The molecule has 0 spiro atoms. The summed E-state index contributed by atoms with van der Waals surface area (Å²) in [4.78, 5) is 29.5. The number of aromatic nitrogens is 2. The van der Waals surface area contributed by atoms with Gasteiger partial charge in [0, 0.05) is 19.7 Å². The summed E-state index contributed by atoms with van der Waals surface area (Å²) in [7, 11) is 1.47. The molecule has 3 N–H and O–H groups in total. The molecule has 0 aliphatic heterocycles. The molecule has 1 fully saturated rings. The largest absolute Gasteiger partial charge is 0.487 e. The van der Waals surface area contributed by atoms with Crippen molar-refractivity contribution in [3.8, 4) is 5.75 Å². The number of halogens is 10. The van der Waals surface area contributed by atoms with Gasteiger partial charge in [-0.05, 0) is 30.5 Å². The maximum Gasteiger partial charge on any atom is 0.405 e. The van der Waals surface area contributed by atoms with Gasteiger partial charge in [0.2, 0.25) is 11.9 Å². The second-order valence-electron chi connectivity index (χ2n) is 10.3. The summed E-state index contributed by atoms with van der Waals surface area (Å²) in [6, 6.07) is 5.00. The Kier molecular flexibility index (Phi) is 9.97. The normalized spacial score (nSPS) is 15.0. The summed E-state index contributed by atoms with van der Waals surface area (Å²) >= 11 is 12.9. The highest BCUT2D eigenvalue weighted by atomic mass is 35.5. The van der Waals surface area contributed by atoms with Crippen LogP contribution in [0.25, 0.3) is 11.0 Å². The van der Waals surface area contributed by atoms with Crippen LogP contribution in [-0.2, 0) is 18.4 Å². The number of aryl methyl sites for hydroxylation is 1. The second kappa shape index (κ2) is 13.1. The number of carbonyl (C=O) groups is 2. The van der Waals surface area contributed by atoms with Gasteiger partial charge in [-0.2, -0.15) is 26.3 Å². The molecule has 1 aromatic heterocycles. The van der Waals surface area contributed by atoms with E-state index in [2.05, 4.69) is 15.6 Å². The van der Waals surface area contributed by atoms with Crippen LogP contribution in [0.1, 0.15) is 41.6 Å². The second-order valence-corrected chi connectivity index (χ2v) is 11.1. The molecule has 0 saturated heterocycles. The predicted molar refractivity (Wildman–Crippen MR) is 149 cm³/mol. The summed E-state index contributed by atoms with van der Waals surface area (Å²) in [6.45, 7) is -3.18. The van der Waals surface area contributed by atoms with Gasteiger partial charge in [-0.1, -0.05) is 42.1 Å². The number of nitrogens with one attached hydrogen (secondary N) is 3. The van der Waals surface area contributed by atoms with Gasteiger partial charge in [0.05, 0.1) is 32.3 Å². The summed E-state index contributed by atoms with van der Waals surface area (Å²) < 4.78 is 111. The average Bonchev–Trinajstić information content (AvgIpc) is 3.57. The van der Waals surface area contributed by atoms with Crippen molar-refractivity contribution >= 4 is 57.7 Å². The van der Waals surface area contributed by atoms with Gasteiger partial charge in [0.15, 0.2) is 0 Å². The van der Waals surface area contributed by atoms with Crippen molar-refractivity contribution in [2.24, 2.45) is 12.5 Å². The Morgan fingerprint density at radius 1 is 1.07 bits per heavy atom. The first-order chi connectivity index (χ1) is 20.9. The maximum atomic E-state index is 13.8. The zero-order valence-corrected chi connectivity index (χ0v) is 24.7. The number of nitrogens with zero attached hydrogens (tertiary/aromatic N) is 2. The number of rotatable bonds is 10. The van der Waals surface area contributed by atoms with Crippen molar-refractivity contribution in [3.63, 3.8) is 0 Å². The van der Waals surface area contributed by atoms with E-state index in [4.69, 9.17) is 27.9 Å². The number of fused-ring (bicyclic) bond motifs is 1. The molecule has 3 aromatic rings. The maximum absolute atomic E-state index is 13.8.